The lowest BCUT2D eigenvalue weighted by atomic mass is 10.2. The van der Waals surface area contributed by atoms with Crippen molar-refractivity contribution in [3.8, 4) is 0 Å². The molecule has 9 heavy (non-hydrogen) atoms. The van der Waals surface area contributed by atoms with E-state index in [1.54, 1.807) is 0 Å². The second-order valence-electron chi connectivity index (χ2n) is 2.99. The summed E-state index contributed by atoms with van der Waals surface area (Å²) in [7, 11) is 2.11. The lowest BCUT2D eigenvalue weighted by Crippen LogP contribution is -2.30. The quantitative estimate of drug-likeness (QED) is 0.522. The highest BCUT2D eigenvalue weighted by Crippen LogP contribution is 2.14. The predicted octanol–water partition coefficient (Wildman–Crippen LogP) is 0.930. The van der Waals surface area contributed by atoms with Gasteiger partial charge in [-0.25, -0.2) is 0 Å². The Bertz CT molecular complexity index is 92.9. The summed E-state index contributed by atoms with van der Waals surface area (Å²) < 4.78 is 5.45. The fourth-order valence-electron chi connectivity index (χ4n) is 1.27. The van der Waals surface area contributed by atoms with Gasteiger partial charge in [0.2, 0.25) is 0 Å². The van der Waals surface area contributed by atoms with E-state index in [9.17, 15) is 0 Å². The highest BCUT2D eigenvalue weighted by atomic mass is 16.5. The van der Waals surface area contributed by atoms with Crippen LogP contribution in [0.5, 0.6) is 0 Å². The highest BCUT2D eigenvalue weighted by Gasteiger charge is 2.23. The Morgan fingerprint density at radius 1 is 1.56 bits per heavy atom. The Morgan fingerprint density at radius 3 is 2.44 bits per heavy atom. The average Bonchev–Trinajstić information content (AvgIpc) is 2.13. The first-order valence-corrected chi connectivity index (χ1v) is 3.53. The third kappa shape index (κ3) is 1.43. The fourth-order valence-corrected chi connectivity index (χ4v) is 1.27. The molecule has 1 aliphatic rings. The lowest BCUT2D eigenvalue weighted by Gasteiger charge is -2.20. The molecule has 1 fully saturated rings. The second kappa shape index (κ2) is 2.67. The van der Waals surface area contributed by atoms with Crippen LogP contribution < -0.4 is 0 Å². The SMILES string of the molecule is CC(C)[C@@H]1OCCN1C. The number of rotatable bonds is 1. The van der Waals surface area contributed by atoms with E-state index >= 15 is 0 Å². The highest BCUT2D eigenvalue weighted by molar-refractivity contribution is 4.67. The first kappa shape index (κ1) is 7.03. The van der Waals surface area contributed by atoms with Crippen LogP contribution in [-0.4, -0.2) is 31.3 Å². The molecule has 54 valence electrons. The molecule has 0 aromatic carbocycles. The van der Waals surface area contributed by atoms with Crippen molar-refractivity contribution < 1.29 is 4.74 Å². The summed E-state index contributed by atoms with van der Waals surface area (Å²) in [5, 5.41) is 0. The van der Waals surface area contributed by atoms with Crippen LogP contribution >= 0.6 is 0 Å². The first-order chi connectivity index (χ1) is 4.22. The van der Waals surface area contributed by atoms with Crippen molar-refractivity contribution in [1.82, 2.24) is 4.90 Å². The zero-order valence-corrected chi connectivity index (χ0v) is 6.42. The van der Waals surface area contributed by atoms with Crippen molar-refractivity contribution in [3.63, 3.8) is 0 Å². The van der Waals surface area contributed by atoms with E-state index in [1.165, 1.54) is 0 Å². The molecule has 1 aliphatic heterocycles. The molecule has 0 aliphatic carbocycles. The molecule has 0 aromatic heterocycles. The molecule has 1 saturated heterocycles. The number of likely N-dealkylation sites (N-methyl/N-ethyl adjacent to an activating group) is 1. The van der Waals surface area contributed by atoms with Gasteiger partial charge in [-0.05, 0) is 13.0 Å². The summed E-state index contributed by atoms with van der Waals surface area (Å²) in [5.41, 5.74) is 0. The van der Waals surface area contributed by atoms with Crippen molar-refractivity contribution in [2.24, 2.45) is 5.92 Å². The van der Waals surface area contributed by atoms with Crippen LogP contribution in [-0.2, 0) is 4.74 Å². The van der Waals surface area contributed by atoms with E-state index in [0.29, 0.717) is 12.1 Å². The molecule has 1 atom stereocenters. The van der Waals surface area contributed by atoms with Gasteiger partial charge in [-0.1, -0.05) is 13.8 Å². The Hall–Kier alpha value is -0.0800. The van der Waals surface area contributed by atoms with Crippen LogP contribution in [0.25, 0.3) is 0 Å². The molecular formula is C7H15NO. The van der Waals surface area contributed by atoms with Gasteiger partial charge in [-0.15, -0.1) is 0 Å². The molecule has 1 rings (SSSR count). The Morgan fingerprint density at radius 2 is 2.22 bits per heavy atom. The Kier molecular flexibility index (Phi) is 2.09. The third-order valence-corrected chi connectivity index (χ3v) is 1.74. The van der Waals surface area contributed by atoms with E-state index in [4.69, 9.17) is 4.74 Å². The lowest BCUT2D eigenvalue weighted by molar-refractivity contribution is 0.00957. The molecule has 0 bridgehead atoms. The second-order valence-corrected chi connectivity index (χ2v) is 2.99. The van der Waals surface area contributed by atoms with Crippen LogP contribution in [0.1, 0.15) is 13.8 Å². The average molecular weight is 129 g/mol. The summed E-state index contributed by atoms with van der Waals surface area (Å²) in [6, 6.07) is 0. The molecule has 0 radical (unpaired) electrons. The summed E-state index contributed by atoms with van der Waals surface area (Å²) in [6.45, 7) is 6.36. The van der Waals surface area contributed by atoms with Gasteiger partial charge in [-0.2, -0.15) is 0 Å². The summed E-state index contributed by atoms with van der Waals surface area (Å²) >= 11 is 0. The van der Waals surface area contributed by atoms with E-state index in [2.05, 4.69) is 25.8 Å². The van der Waals surface area contributed by atoms with Crippen molar-refractivity contribution in [2.45, 2.75) is 20.1 Å². The van der Waals surface area contributed by atoms with Crippen LogP contribution in [0.2, 0.25) is 0 Å². The van der Waals surface area contributed by atoms with Gasteiger partial charge in [0.05, 0.1) is 6.61 Å². The van der Waals surface area contributed by atoms with Gasteiger partial charge in [0.15, 0.2) is 0 Å². The molecular weight excluding hydrogens is 114 g/mol. The van der Waals surface area contributed by atoms with Gasteiger partial charge in [0.25, 0.3) is 0 Å². The minimum absolute atomic E-state index is 0.366. The molecule has 2 nitrogen and oxygen atoms in total. The van der Waals surface area contributed by atoms with E-state index < -0.39 is 0 Å². The van der Waals surface area contributed by atoms with Gasteiger partial charge in [0.1, 0.15) is 6.23 Å². The predicted molar refractivity (Wildman–Crippen MR) is 37.2 cm³/mol. The molecule has 0 saturated carbocycles. The third-order valence-electron chi connectivity index (χ3n) is 1.74. The number of ether oxygens (including phenoxy) is 1. The summed E-state index contributed by atoms with van der Waals surface area (Å²) in [5.74, 6) is 0.623. The van der Waals surface area contributed by atoms with Crippen LogP contribution in [0.4, 0.5) is 0 Å². The Labute approximate surface area is 56.8 Å². The van der Waals surface area contributed by atoms with Crippen LogP contribution in [0.15, 0.2) is 0 Å². The van der Waals surface area contributed by atoms with E-state index in [-0.39, 0.29) is 0 Å². The van der Waals surface area contributed by atoms with Gasteiger partial charge in [-0.3, -0.25) is 4.90 Å². The number of nitrogens with zero attached hydrogens (tertiary/aromatic N) is 1. The molecule has 1 heterocycles. The van der Waals surface area contributed by atoms with E-state index in [0.717, 1.165) is 13.2 Å². The number of hydrogen-bond acceptors (Lipinski definition) is 2. The van der Waals surface area contributed by atoms with Crippen molar-refractivity contribution in [3.05, 3.63) is 0 Å². The molecule has 2 heteroatoms. The van der Waals surface area contributed by atoms with Gasteiger partial charge in [0, 0.05) is 6.54 Å². The van der Waals surface area contributed by atoms with Crippen molar-refractivity contribution in [2.75, 3.05) is 20.2 Å². The maximum absolute atomic E-state index is 5.45. The Balaban J connectivity index is 2.40. The van der Waals surface area contributed by atoms with Crippen LogP contribution in [0.3, 0.4) is 0 Å². The number of hydrogen-bond donors (Lipinski definition) is 0. The van der Waals surface area contributed by atoms with E-state index in [1.807, 2.05) is 0 Å². The summed E-state index contributed by atoms with van der Waals surface area (Å²) in [6.07, 6.45) is 0.366. The van der Waals surface area contributed by atoms with Gasteiger partial charge >= 0.3 is 0 Å². The standard InChI is InChI=1S/C7H15NO/c1-6(2)7-8(3)4-5-9-7/h6-7H,4-5H2,1-3H3/t7-/m0/s1. The topological polar surface area (TPSA) is 12.5 Å². The molecule has 0 N–H and O–H groups in total. The fraction of sp³-hybridized carbons (Fsp3) is 1.00. The maximum Gasteiger partial charge on any atom is 0.112 e. The maximum atomic E-state index is 5.45. The summed E-state index contributed by atoms with van der Waals surface area (Å²) in [4.78, 5) is 2.25. The van der Waals surface area contributed by atoms with Crippen molar-refractivity contribution >= 4 is 0 Å². The first-order valence-electron chi connectivity index (χ1n) is 3.53. The van der Waals surface area contributed by atoms with Crippen molar-refractivity contribution in [1.29, 1.82) is 0 Å². The molecule has 0 aromatic rings. The minimum atomic E-state index is 0.366. The minimum Gasteiger partial charge on any atom is -0.362 e. The normalized spacial score (nSPS) is 30.0. The monoisotopic (exact) mass is 129 g/mol. The zero-order valence-electron chi connectivity index (χ0n) is 6.42. The zero-order chi connectivity index (χ0) is 6.85. The molecule has 0 spiro atoms. The van der Waals surface area contributed by atoms with Gasteiger partial charge < -0.3 is 4.74 Å². The molecule has 0 unspecified atom stereocenters. The smallest absolute Gasteiger partial charge is 0.112 e. The molecule has 0 amide bonds. The largest absolute Gasteiger partial charge is 0.362 e. The van der Waals surface area contributed by atoms with Crippen LogP contribution in [0, 0.1) is 5.92 Å².